The third-order valence-electron chi connectivity index (χ3n) is 4.39. The maximum absolute atomic E-state index is 11.5. The van der Waals surface area contributed by atoms with E-state index in [1.807, 2.05) is 13.8 Å². The van der Waals surface area contributed by atoms with Crippen LogP contribution in [0.5, 0.6) is 0 Å². The molecule has 0 fully saturated rings. The van der Waals surface area contributed by atoms with Crippen molar-refractivity contribution in [1.29, 1.82) is 0 Å². The van der Waals surface area contributed by atoms with Gasteiger partial charge in [0.2, 0.25) is 0 Å². The summed E-state index contributed by atoms with van der Waals surface area (Å²) in [5.41, 5.74) is -0.312. The van der Waals surface area contributed by atoms with E-state index in [1.165, 1.54) is 77.7 Å². The molecule has 0 saturated carbocycles. The van der Waals surface area contributed by atoms with E-state index < -0.39 is 0 Å². The molecule has 0 saturated heterocycles. The first-order valence-corrected chi connectivity index (χ1v) is 9.13. The normalized spacial score (nSPS) is 11.6. The average Bonchev–Trinajstić information content (AvgIpc) is 2.47. The van der Waals surface area contributed by atoms with Gasteiger partial charge >= 0.3 is 5.97 Å². The summed E-state index contributed by atoms with van der Waals surface area (Å²) < 4.78 is 4.83. The lowest BCUT2D eigenvalue weighted by Gasteiger charge is -2.20. The van der Waals surface area contributed by atoms with Crippen LogP contribution < -0.4 is 0 Å². The highest BCUT2D eigenvalue weighted by atomic mass is 16.5. The average molecular weight is 299 g/mol. The summed E-state index contributed by atoms with van der Waals surface area (Å²) in [5, 5.41) is 0. The Morgan fingerprint density at radius 1 is 0.762 bits per heavy atom. The molecule has 0 aliphatic carbocycles. The molecular weight excluding hydrogens is 260 g/mol. The predicted octanol–water partition coefficient (Wildman–Crippen LogP) is 6.28. The molecule has 2 heteroatoms. The number of carbonyl (C=O) groups excluding carboxylic acids is 1. The standard InChI is InChI=1S/C19H38O2/c1-5-6-7-8-9-10-11-12-13-14-15-16-17-19(2,3)18(20)21-4/h5-17H2,1-4H3. The monoisotopic (exact) mass is 298 g/mol. The van der Waals surface area contributed by atoms with Gasteiger partial charge in [0.15, 0.2) is 0 Å². The van der Waals surface area contributed by atoms with E-state index in [9.17, 15) is 4.79 Å². The van der Waals surface area contributed by atoms with Gasteiger partial charge in [-0.05, 0) is 20.3 Å². The molecule has 0 rings (SSSR count). The van der Waals surface area contributed by atoms with Gasteiger partial charge in [0.05, 0.1) is 12.5 Å². The molecule has 0 unspecified atom stereocenters. The molecule has 0 aromatic rings. The van der Waals surface area contributed by atoms with Crippen LogP contribution in [0.15, 0.2) is 0 Å². The van der Waals surface area contributed by atoms with Crippen molar-refractivity contribution in [2.24, 2.45) is 5.41 Å². The lowest BCUT2D eigenvalue weighted by molar-refractivity contribution is -0.151. The van der Waals surface area contributed by atoms with E-state index in [-0.39, 0.29) is 11.4 Å². The summed E-state index contributed by atoms with van der Waals surface area (Å²) in [6, 6.07) is 0. The van der Waals surface area contributed by atoms with Crippen LogP contribution >= 0.6 is 0 Å². The maximum Gasteiger partial charge on any atom is 0.311 e. The minimum atomic E-state index is -0.312. The maximum atomic E-state index is 11.5. The zero-order valence-corrected chi connectivity index (χ0v) is 15.0. The van der Waals surface area contributed by atoms with E-state index in [1.54, 1.807) is 0 Å². The van der Waals surface area contributed by atoms with Crippen LogP contribution in [0, 0.1) is 5.41 Å². The molecule has 0 radical (unpaired) electrons. The smallest absolute Gasteiger partial charge is 0.311 e. The first-order valence-electron chi connectivity index (χ1n) is 9.13. The first-order chi connectivity index (χ1) is 10.0. The molecule has 0 spiro atoms. The fourth-order valence-corrected chi connectivity index (χ4v) is 2.79. The largest absolute Gasteiger partial charge is 0.469 e. The number of hydrogen-bond donors (Lipinski definition) is 0. The molecule has 0 bridgehead atoms. The molecule has 0 N–H and O–H groups in total. The Hall–Kier alpha value is -0.530. The van der Waals surface area contributed by atoms with Crippen LogP contribution in [0.2, 0.25) is 0 Å². The third kappa shape index (κ3) is 11.8. The van der Waals surface area contributed by atoms with E-state index >= 15 is 0 Å². The molecule has 0 heterocycles. The molecular formula is C19H38O2. The number of unbranched alkanes of at least 4 members (excludes halogenated alkanes) is 11. The van der Waals surface area contributed by atoms with Crippen molar-refractivity contribution in [1.82, 2.24) is 0 Å². The Morgan fingerprint density at radius 3 is 1.52 bits per heavy atom. The summed E-state index contributed by atoms with van der Waals surface area (Å²) in [5.74, 6) is -0.0782. The number of carbonyl (C=O) groups is 1. The second-order valence-electron chi connectivity index (χ2n) is 7.01. The van der Waals surface area contributed by atoms with Crippen LogP contribution in [0.4, 0.5) is 0 Å². The van der Waals surface area contributed by atoms with E-state index in [0.29, 0.717) is 0 Å². The van der Waals surface area contributed by atoms with Gasteiger partial charge in [-0.1, -0.05) is 84.0 Å². The van der Waals surface area contributed by atoms with E-state index in [0.717, 1.165) is 12.8 Å². The zero-order valence-electron chi connectivity index (χ0n) is 15.0. The van der Waals surface area contributed by atoms with E-state index in [2.05, 4.69) is 6.92 Å². The molecule has 0 aromatic carbocycles. The van der Waals surface area contributed by atoms with Crippen molar-refractivity contribution in [2.75, 3.05) is 7.11 Å². The fraction of sp³-hybridized carbons (Fsp3) is 0.947. The highest BCUT2D eigenvalue weighted by Crippen LogP contribution is 2.25. The molecule has 126 valence electrons. The van der Waals surface area contributed by atoms with Crippen molar-refractivity contribution in [3.8, 4) is 0 Å². The second kappa shape index (κ2) is 13.2. The van der Waals surface area contributed by atoms with Crippen molar-refractivity contribution in [2.45, 2.75) is 104 Å². The Balaban J connectivity index is 3.28. The van der Waals surface area contributed by atoms with Crippen LogP contribution in [0.25, 0.3) is 0 Å². The molecule has 21 heavy (non-hydrogen) atoms. The Kier molecular flexibility index (Phi) is 12.8. The Labute approximate surface area is 133 Å². The van der Waals surface area contributed by atoms with Crippen molar-refractivity contribution >= 4 is 5.97 Å². The topological polar surface area (TPSA) is 26.3 Å². The van der Waals surface area contributed by atoms with Crippen LogP contribution in [0.3, 0.4) is 0 Å². The van der Waals surface area contributed by atoms with Crippen molar-refractivity contribution < 1.29 is 9.53 Å². The SMILES string of the molecule is CCCCCCCCCCCCCCC(C)(C)C(=O)OC. The molecule has 0 aliphatic rings. The molecule has 0 aliphatic heterocycles. The Bertz CT molecular complexity index is 246. The third-order valence-corrected chi connectivity index (χ3v) is 4.39. The lowest BCUT2D eigenvalue weighted by Crippen LogP contribution is -2.25. The van der Waals surface area contributed by atoms with Gasteiger partial charge in [-0.15, -0.1) is 0 Å². The van der Waals surface area contributed by atoms with Gasteiger partial charge in [-0.2, -0.15) is 0 Å². The first kappa shape index (κ1) is 20.5. The highest BCUT2D eigenvalue weighted by Gasteiger charge is 2.27. The van der Waals surface area contributed by atoms with E-state index in [4.69, 9.17) is 4.74 Å². The fourth-order valence-electron chi connectivity index (χ4n) is 2.79. The lowest BCUT2D eigenvalue weighted by atomic mass is 9.87. The van der Waals surface area contributed by atoms with Crippen LogP contribution in [0.1, 0.15) is 104 Å². The number of hydrogen-bond acceptors (Lipinski definition) is 2. The zero-order chi connectivity index (χ0) is 16.0. The molecule has 0 aromatic heterocycles. The number of esters is 1. The summed E-state index contributed by atoms with van der Waals surface area (Å²) in [6.07, 6.45) is 17.2. The van der Waals surface area contributed by atoms with Gasteiger partial charge in [-0.25, -0.2) is 0 Å². The van der Waals surface area contributed by atoms with Gasteiger partial charge < -0.3 is 4.74 Å². The summed E-state index contributed by atoms with van der Waals surface area (Å²) >= 11 is 0. The van der Waals surface area contributed by atoms with Crippen LogP contribution in [-0.4, -0.2) is 13.1 Å². The minimum Gasteiger partial charge on any atom is -0.469 e. The molecule has 0 amide bonds. The minimum absolute atomic E-state index is 0.0782. The predicted molar refractivity (Wildman–Crippen MR) is 91.5 cm³/mol. The Morgan fingerprint density at radius 2 is 1.14 bits per heavy atom. The summed E-state index contributed by atoms with van der Waals surface area (Å²) in [4.78, 5) is 11.5. The van der Waals surface area contributed by atoms with Gasteiger partial charge in [-0.3, -0.25) is 4.79 Å². The van der Waals surface area contributed by atoms with Gasteiger partial charge in [0.1, 0.15) is 0 Å². The van der Waals surface area contributed by atoms with Crippen molar-refractivity contribution in [3.63, 3.8) is 0 Å². The number of methoxy groups -OCH3 is 1. The molecule has 0 atom stereocenters. The van der Waals surface area contributed by atoms with Crippen LogP contribution in [-0.2, 0) is 9.53 Å². The van der Waals surface area contributed by atoms with Gasteiger partial charge in [0.25, 0.3) is 0 Å². The second-order valence-corrected chi connectivity index (χ2v) is 7.01. The van der Waals surface area contributed by atoms with Crippen molar-refractivity contribution in [3.05, 3.63) is 0 Å². The summed E-state index contributed by atoms with van der Waals surface area (Å²) in [6.45, 7) is 6.24. The van der Waals surface area contributed by atoms with Gasteiger partial charge in [0, 0.05) is 0 Å². The summed E-state index contributed by atoms with van der Waals surface area (Å²) in [7, 11) is 1.48. The quantitative estimate of drug-likeness (QED) is 0.279. The number of ether oxygens (including phenoxy) is 1. The molecule has 2 nitrogen and oxygen atoms in total. The highest BCUT2D eigenvalue weighted by molar-refractivity contribution is 5.75. The number of rotatable bonds is 14.